The van der Waals surface area contributed by atoms with Crippen molar-refractivity contribution in [3.63, 3.8) is 0 Å². The number of para-hydroxylation sites is 1. The van der Waals surface area contributed by atoms with Gasteiger partial charge in [-0.25, -0.2) is 9.37 Å². The molecule has 4 aromatic rings. The molecule has 0 unspecified atom stereocenters. The van der Waals surface area contributed by atoms with Crippen LogP contribution in [0.3, 0.4) is 0 Å². The Balaban J connectivity index is 1.47. The molecule has 1 aliphatic heterocycles. The quantitative estimate of drug-likeness (QED) is 0.460. The molecule has 0 amide bonds. The van der Waals surface area contributed by atoms with Gasteiger partial charge in [0.1, 0.15) is 28.9 Å². The van der Waals surface area contributed by atoms with Crippen molar-refractivity contribution in [2.45, 2.75) is 38.1 Å². The van der Waals surface area contributed by atoms with Gasteiger partial charge in [0.25, 0.3) is 5.56 Å². The van der Waals surface area contributed by atoms with E-state index < -0.39 is 5.82 Å². The normalized spacial score (nSPS) is 18.1. The molecule has 1 aliphatic carbocycles. The summed E-state index contributed by atoms with van der Waals surface area (Å²) in [5, 5.41) is 4.13. The van der Waals surface area contributed by atoms with Crippen LogP contribution in [0.4, 0.5) is 4.39 Å². The summed E-state index contributed by atoms with van der Waals surface area (Å²) in [5.74, 6) is 0.724. The summed E-state index contributed by atoms with van der Waals surface area (Å²) >= 11 is 0. The molecule has 0 atom stereocenters. The average molecular weight is 452 g/mol. The van der Waals surface area contributed by atoms with Gasteiger partial charge in [0.05, 0.1) is 18.7 Å². The molecule has 2 aliphatic rings. The Morgan fingerprint density at radius 2 is 1.91 bits per heavy atom. The van der Waals surface area contributed by atoms with Crippen LogP contribution in [-0.4, -0.2) is 61.8 Å². The third-order valence-electron chi connectivity index (χ3n) is 6.81. The number of imidazole rings is 1. The van der Waals surface area contributed by atoms with Gasteiger partial charge in [-0.15, -0.1) is 0 Å². The number of nitrogens with zero attached hydrogens (tertiary/aromatic N) is 6. The molecular weight excluding hydrogens is 427 g/mol. The fraction of sp³-hybridized carbons (Fsp3) is 0.478. The van der Waals surface area contributed by atoms with Gasteiger partial charge in [0.15, 0.2) is 0 Å². The van der Waals surface area contributed by atoms with Gasteiger partial charge in [-0.1, -0.05) is 24.1 Å². The van der Waals surface area contributed by atoms with E-state index in [1.807, 2.05) is 0 Å². The van der Waals surface area contributed by atoms with Crippen LogP contribution in [0, 0.1) is 5.82 Å². The van der Waals surface area contributed by atoms with Crippen LogP contribution in [0.1, 0.15) is 37.5 Å². The molecule has 2 fully saturated rings. The Kier molecular flexibility index (Phi) is 5.18. The molecule has 4 heterocycles. The molecule has 9 nitrogen and oxygen atoms in total. The number of rotatable bonds is 5. The van der Waals surface area contributed by atoms with E-state index in [1.54, 1.807) is 16.5 Å². The first-order valence-corrected chi connectivity index (χ1v) is 11.5. The molecule has 1 saturated carbocycles. The molecule has 0 N–H and O–H groups in total. The van der Waals surface area contributed by atoms with Crippen LogP contribution in [-0.2, 0) is 11.3 Å². The third kappa shape index (κ3) is 3.53. The minimum atomic E-state index is -0.438. The smallest absolute Gasteiger partial charge is 0.277 e. The Hall–Kier alpha value is -3.11. The topological polar surface area (TPSA) is 90.7 Å². The summed E-state index contributed by atoms with van der Waals surface area (Å²) in [6, 6.07) is 4.81. The predicted molar refractivity (Wildman–Crippen MR) is 119 cm³/mol. The summed E-state index contributed by atoms with van der Waals surface area (Å²) < 4.78 is 29.0. The van der Waals surface area contributed by atoms with Gasteiger partial charge in [0.2, 0.25) is 11.7 Å². The molecule has 0 bridgehead atoms. The molecule has 1 aromatic carbocycles. The minimum Gasteiger partial charge on any atom is -0.379 e. The van der Waals surface area contributed by atoms with Crippen molar-refractivity contribution in [2.24, 2.45) is 0 Å². The zero-order valence-corrected chi connectivity index (χ0v) is 18.2. The maximum absolute atomic E-state index is 15.0. The number of halogens is 1. The van der Waals surface area contributed by atoms with E-state index in [1.165, 1.54) is 17.0 Å². The van der Waals surface area contributed by atoms with E-state index in [9.17, 15) is 9.18 Å². The standard InChI is InChI=1S/C23H25FN6O3/c24-16-6-3-7-17-19(16)29(9-8-28-10-12-32-13-11-28)23(31)20-18(25-14-30(17)20)21-26-22(33-27-21)15-4-1-2-5-15/h3,6-7,14-15H,1-2,4-5,8-13H2. The first-order chi connectivity index (χ1) is 16.2. The maximum atomic E-state index is 15.0. The van der Waals surface area contributed by atoms with Crippen molar-refractivity contribution in [1.82, 2.24) is 29.0 Å². The Bertz CT molecular complexity index is 1360. The largest absolute Gasteiger partial charge is 0.379 e. The molecule has 6 rings (SSSR count). The molecule has 0 radical (unpaired) electrons. The summed E-state index contributed by atoms with van der Waals surface area (Å²) in [7, 11) is 0. The fourth-order valence-electron chi connectivity index (χ4n) is 5.04. The lowest BCUT2D eigenvalue weighted by molar-refractivity contribution is 0.0364. The first kappa shape index (κ1) is 20.5. The first-order valence-electron chi connectivity index (χ1n) is 11.5. The number of hydrogen-bond acceptors (Lipinski definition) is 7. The Morgan fingerprint density at radius 1 is 1.09 bits per heavy atom. The van der Waals surface area contributed by atoms with E-state index in [4.69, 9.17) is 9.26 Å². The zero-order valence-electron chi connectivity index (χ0n) is 18.2. The van der Waals surface area contributed by atoms with E-state index >= 15 is 0 Å². The van der Waals surface area contributed by atoms with Gasteiger partial charge in [-0.05, 0) is 25.0 Å². The molecule has 33 heavy (non-hydrogen) atoms. The van der Waals surface area contributed by atoms with Crippen molar-refractivity contribution < 1.29 is 13.7 Å². The second kappa shape index (κ2) is 8.35. The predicted octanol–water partition coefficient (Wildman–Crippen LogP) is 2.83. The van der Waals surface area contributed by atoms with Crippen molar-refractivity contribution in [3.8, 4) is 11.5 Å². The van der Waals surface area contributed by atoms with Crippen LogP contribution in [0.15, 0.2) is 33.8 Å². The second-order valence-corrected chi connectivity index (χ2v) is 8.77. The molecule has 3 aromatic heterocycles. The number of aromatic nitrogens is 5. The lowest BCUT2D eigenvalue weighted by Gasteiger charge is -2.27. The number of fused-ring (bicyclic) bond motifs is 3. The molecular formula is C23H25FN6O3. The monoisotopic (exact) mass is 452 g/mol. The van der Waals surface area contributed by atoms with Crippen LogP contribution in [0.5, 0.6) is 0 Å². The number of benzene rings is 1. The van der Waals surface area contributed by atoms with Gasteiger partial charge in [-0.2, -0.15) is 4.98 Å². The van der Waals surface area contributed by atoms with E-state index in [-0.39, 0.29) is 17.0 Å². The SMILES string of the molecule is O=c1c2c(-c3noc(C4CCCC4)n3)ncn2c2cccc(F)c2n1CCN1CCOCC1. The van der Waals surface area contributed by atoms with Gasteiger partial charge in [-0.3, -0.25) is 14.1 Å². The highest BCUT2D eigenvalue weighted by Crippen LogP contribution is 2.34. The highest BCUT2D eigenvalue weighted by Gasteiger charge is 2.26. The highest BCUT2D eigenvalue weighted by molar-refractivity contribution is 5.84. The number of ether oxygens (including phenoxy) is 1. The molecule has 10 heteroatoms. The molecule has 172 valence electrons. The fourth-order valence-corrected chi connectivity index (χ4v) is 5.04. The van der Waals surface area contributed by atoms with Crippen LogP contribution >= 0.6 is 0 Å². The Morgan fingerprint density at radius 3 is 2.73 bits per heavy atom. The van der Waals surface area contributed by atoms with Crippen LogP contribution < -0.4 is 5.56 Å². The third-order valence-corrected chi connectivity index (χ3v) is 6.81. The zero-order chi connectivity index (χ0) is 22.4. The van der Waals surface area contributed by atoms with Gasteiger partial charge < -0.3 is 13.8 Å². The van der Waals surface area contributed by atoms with E-state index in [0.717, 1.165) is 38.8 Å². The van der Waals surface area contributed by atoms with E-state index in [0.29, 0.717) is 54.7 Å². The molecule has 1 saturated heterocycles. The summed E-state index contributed by atoms with van der Waals surface area (Å²) in [6.45, 7) is 3.90. The van der Waals surface area contributed by atoms with Crippen LogP contribution in [0.25, 0.3) is 28.1 Å². The van der Waals surface area contributed by atoms with E-state index in [2.05, 4.69) is 20.0 Å². The molecule has 0 spiro atoms. The van der Waals surface area contributed by atoms with Crippen molar-refractivity contribution in [2.75, 3.05) is 32.8 Å². The second-order valence-electron chi connectivity index (χ2n) is 8.77. The lowest BCUT2D eigenvalue weighted by Crippen LogP contribution is -2.39. The highest BCUT2D eigenvalue weighted by atomic mass is 19.1. The summed E-state index contributed by atoms with van der Waals surface area (Å²) in [5.41, 5.74) is 1.21. The summed E-state index contributed by atoms with van der Waals surface area (Å²) in [4.78, 5) is 24.9. The lowest BCUT2D eigenvalue weighted by atomic mass is 10.1. The number of morpholine rings is 1. The number of hydrogen-bond donors (Lipinski definition) is 0. The van der Waals surface area contributed by atoms with Gasteiger partial charge >= 0.3 is 0 Å². The van der Waals surface area contributed by atoms with Crippen molar-refractivity contribution >= 4 is 16.6 Å². The summed E-state index contributed by atoms with van der Waals surface area (Å²) in [6.07, 6.45) is 5.90. The van der Waals surface area contributed by atoms with Gasteiger partial charge in [0, 0.05) is 32.1 Å². The van der Waals surface area contributed by atoms with Crippen LogP contribution in [0.2, 0.25) is 0 Å². The Labute approximate surface area is 188 Å². The maximum Gasteiger partial charge on any atom is 0.277 e. The van der Waals surface area contributed by atoms with Crippen molar-refractivity contribution in [3.05, 3.63) is 46.6 Å². The van der Waals surface area contributed by atoms with Crippen molar-refractivity contribution in [1.29, 1.82) is 0 Å². The average Bonchev–Trinajstić information content (AvgIpc) is 3.60. The minimum absolute atomic E-state index is 0.264.